The highest BCUT2D eigenvalue weighted by Gasteiger charge is 2.23. The van der Waals surface area contributed by atoms with Crippen LogP contribution in [0.3, 0.4) is 0 Å². The molecule has 1 atom stereocenters. The van der Waals surface area contributed by atoms with Crippen molar-refractivity contribution < 1.29 is 9.59 Å². The Bertz CT molecular complexity index is 1060. The molecule has 0 aliphatic carbocycles. The molecule has 3 aromatic rings. The Hall–Kier alpha value is -2.65. The van der Waals surface area contributed by atoms with Crippen molar-refractivity contribution in [2.45, 2.75) is 32.0 Å². The molecule has 1 heterocycles. The standard InChI is InChI=1S/C22H24BrN5O2S/c1-13(2)19(25-21(30)15-7-5-4-6-8-15)20-26-22(28-27-20)31-12-18(29)24-16-9-10-17(23)14(3)11-16/h4-11,13,19H,12H2,1-3H3,(H,24,29)(H,25,30)(H,26,27,28). The molecule has 3 rings (SSSR count). The molecule has 162 valence electrons. The van der Waals surface area contributed by atoms with E-state index in [1.807, 2.05) is 57.2 Å². The normalized spacial score (nSPS) is 11.9. The second-order valence-electron chi connectivity index (χ2n) is 7.37. The fourth-order valence-electron chi connectivity index (χ4n) is 2.88. The molecule has 0 saturated carbocycles. The second kappa shape index (κ2) is 10.6. The number of hydrogen-bond donors (Lipinski definition) is 3. The fraction of sp³-hybridized carbons (Fsp3) is 0.273. The number of nitrogens with one attached hydrogen (secondary N) is 3. The number of hydrogen-bond acceptors (Lipinski definition) is 5. The van der Waals surface area contributed by atoms with Crippen LogP contribution >= 0.6 is 27.7 Å². The van der Waals surface area contributed by atoms with Crippen molar-refractivity contribution in [3.8, 4) is 0 Å². The minimum Gasteiger partial charge on any atom is -0.342 e. The van der Waals surface area contributed by atoms with Crippen molar-refractivity contribution in [1.82, 2.24) is 20.5 Å². The Morgan fingerprint density at radius 3 is 2.58 bits per heavy atom. The molecule has 0 saturated heterocycles. The van der Waals surface area contributed by atoms with Crippen molar-refractivity contribution in [3.05, 3.63) is 70.0 Å². The third kappa shape index (κ3) is 6.41. The maximum atomic E-state index is 12.5. The number of carbonyl (C=O) groups is 2. The Morgan fingerprint density at radius 2 is 1.90 bits per heavy atom. The van der Waals surface area contributed by atoms with Crippen LogP contribution in [0.4, 0.5) is 5.69 Å². The van der Waals surface area contributed by atoms with E-state index in [1.54, 1.807) is 12.1 Å². The first-order valence-corrected chi connectivity index (χ1v) is 11.6. The van der Waals surface area contributed by atoms with E-state index in [1.165, 1.54) is 11.8 Å². The van der Waals surface area contributed by atoms with Gasteiger partial charge in [-0.1, -0.05) is 59.7 Å². The van der Waals surface area contributed by atoms with Crippen LogP contribution in [0.2, 0.25) is 0 Å². The first kappa shape index (κ1) is 23.0. The lowest BCUT2D eigenvalue weighted by Crippen LogP contribution is -2.32. The van der Waals surface area contributed by atoms with Crippen molar-refractivity contribution >= 4 is 45.2 Å². The summed E-state index contributed by atoms with van der Waals surface area (Å²) in [6.07, 6.45) is 0. The molecule has 0 radical (unpaired) electrons. The van der Waals surface area contributed by atoms with Crippen LogP contribution in [0.15, 0.2) is 58.2 Å². The van der Waals surface area contributed by atoms with E-state index in [2.05, 4.69) is 41.7 Å². The first-order chi connectivity index (χ1) is 14.8. The largest absolute Gasteiger partial charge is 0.342 e. The molecule has 0 bridgehead atoms. The summed E-state index contributed by atoms with van der Waals surface area (Å²) in [7, 11) is 0. The quantitative estimate of drug-likeness (QED) is 0.387. The predicted octanol–water partition coefficient (Wildman–Crippen LogP) is 4.73. The molecule has 31 heavy (non-hydrogen) atoms. The molecule has 7 nitrogen and oxygen atoms in total. The first-order valence-electron chi connectivity index (χ1n) is 9.80. The Balaban J connectivity index is 1.59. The highest BCUT2D eigenvalue weighted by atomic mass is 79.9. The number of aromatic nitrogens is 3. The minimum atomic E-state index is -0.325. The molecular formula is C22H24BrN5O2S. The average Bonchev–Trinajstić information content (AvgIpc) is 3.22. The summed E-state index contributed by atoms with van der Waals surface area (Å²) in [6, 6.07) is 14.4. The van der Waals surface area contributed by atoms with Crippen molar-refractivity contribution in [3.63, 3.8) is 0 Å². The van der Waals surface area contributed by atoms with E-state index >= 15 is 0 Å². The predicted molar refractivity (Wildman–Crippen MR) is 126 cm³/mol. The highest BCUT2D eigenvalue weighted by molar-refractivity contribution is 9.10. The number of H-pyrrole nitrogens is 1. The molecule has 1 unspecified atom stereocenters. The van der Waals surface area contributed by atoms with Gasteiger partial charge >= 0.3 is 0 Å². The molecule has 0 fully saturated rings. The highest BCUT2D eigenvalue weighted by Crippen LogP contribution is 2.23. The third-order valence-corrected chi connectivity index (χ3v) is 6.28. The lowest BCUT2D eigenvalue weighted by molar-refractivity contribution is -0.113. The Morgan fingerprint density at radius 1 is 1.16 bits per heavy atom. The number of amides is 2. The van der Waals surface area contributed by atoms with Crippen LogP contribution in [0, 0.1) is 12.8 Å². The van der Waals surface area contributed by atoms with E-state index in [0.29, 0.717) is 16.5 Å². The summed E-state index contributed by atoms with van der Waals surface area (Å²) in [5, 5.41) is 13.4. The molecule has 3 N–H and O–H groups in total. The van der Waals surface area contributed by atoms with E-state index in [-0.39, 0.29) is 29.5 Å². The van der Waals surface area contributed by atoms with Gasteiger partial charge < -0.3 is 10.6 Å². The number of thioether (sulfide) groups is 1. The smallest absolute Gasteiger partial charge is 0.251 e. The summed E-state index contributed by atoms with van der Waals surface area (Å²) < 4.78 is 0.993. The summed E-state index contributed by atoms with van der Waals surface area (Å²) >= 11 is 4.68. The number of benzene rings is 2. The van der Waals surface area contributed by atoms with Gasteiger partial charge in [-0.05, 0) is 48.7 Å². The van der Waals surface area contributed by atoms with E-state index < -0.39 is 0 Å². The van der Waals surface area contributed by atoms with E-state index in [0.717, 1.165) is 15.7 Å². The number of aryl methyl sites for hydroxylation is 1. The molecule has 0 aliphatic heterocycles. The molecule has 2 aromatic carbocycles. The molecule has 0 aliphatic rings. The third-order valence-electron chi connectivity index (χ3n) is 4.54. The average molecular weight is 502 g/mol. The number of rotatable bonds is 8. The summed E-state index contributed by atoms with van der Waals surface area (Å²) in [5.74, 6) is 0.521. The van der Waals surface area contributed by atoms with E-state index in [9.17, 15) is 9.59 Å². The van der Waals surface area contributed by atoms with Gasteiger partial charge in [0.15, 0.2) is 0 Å². The summed E-state index contributed by atoms with van der Waals surface area (Å²) in [5.41, 5.74) is 2.37. The number of halogens is 1. The van der Waals surface area contributed by atoms with Gasteiger partial charge in [0.25, 0.3) is 5.91 Å². The lowest BCUT2D eigenvalue weighted by Gasteiger charge is -2.19. The van der Waals surface area contributed by atoms with Crippen LogP contribution in [0.1, 0.15) is 41.6 Å². The van der Waals surface area contributed by atoms with Crippen molar-refractivity contribution in [1.29, 1.82) is 0 Å². The Labute approximate surface area is 193 Å². The molecule has 2 amide bonds. The van der Waals surface area contributed by atoms with Crippen LogP contribution in [0.25, 0.3) is 0 Å². The second-order valence-corrected chi connectivity index (χ2v) is 9.16. The topological polar surface area (TPSA) is 99.8 Å². The van der Waals surface area contributed by atoms with Gasteiger partial charge in [-0.25, -0.2) is 4.98 Å². The van der Waals surface area contributed by atoms with Crippen LogP contribution in [0.5, 0.6) is 0 Å². The van der Waals surface area contributed by atoms with Gasteiger partial charge in [-0.3, -0.25) is 14.7 Å². The van der Waals surface area contributed by atoms with Gasteiger partial charge in [0.05, 0.1) is 11.8 Å². The monoisotopic (exact) mass is 501 g/mol. The minimum absolute atomic E-state index is 0.0994. The maximum absolute atomic E-state index is 12.5. The van der Waals surface area contributed by atoms with Gasteiger partial charge in [0.1, 0.15) is 5.82 Å². The summed E-state index contributed by atoms with van der Waals surface area (Å²) in [6.45, 7) is 5.96. The number of anilines is 1. The number of nitrogens with zero attached hydrogens (tertiary/aromatic N) is 2. The van der Waals surface area contributed by atoms with Gasteiger partial charge in [0, 0.05) is 15.7 Å². The number of aromatic amines is 1. The molecule has 0 spiro atoms. The zero-order valence-corrected chi connectivity index (χ0v) is 19.9. The number of carbonyl (C=O) groups excluding carboxylic acids is 2. The van der Waals surface area contributed by atoms with Crippen LogP contribution in [-0.4, -0.2) is 32.7 Å². The van der Waals surface area contributed by atoms with Crippen molar-refractivity contribution in [2.24, 2.45) is 5.92 Å². The zero-order valence-electron chi connectivity index (χ0n) is 17.5. The lowest BCUT2D eigenvalue weighted by atomic mass is 10.0. The van der Waals surface area contributed by atoms with Crippen molar-refractivity contribution in [2.75, 3.05) is 11.1 Å². The summed E-state index contributed by atoms with van der Waals surface area (Å²) in [4.78, 5) is 29.3. The zero-order chi connectivity index (χ0) is 22.4. The van der Waals surface area contributed by atoms with Crippen LogP contribution < -0.4 is 10.6 Å². The van der Waals surface area contributed by atoms with E-state index in [4.69, 9.17) is 0 Å². The van der Waals surface area contributed by atoms with Gasteiger partial charge in [-0.2, -0.15) is 0 Å². The van der Waals surface area contributed by atoms with Gasteiger partial charge in [0.2, 0.25) is 11.1 Å². The molecular weight excluding hydrogens is 478 g/mol. The van der Waals surface area contributed by atoms with Crippen LogP contribution in [-0.2, 0) is 4.79 Å². The maximum Gasteiger partial charge on any atom is 0.251 e. The Kier molecular flexibility index (Phi) is 7.86. The molecule has 1 aromatic heterocycles. The molecule has 9 heteroatoms. The fourth-order valence-corrected chi connectivity index (χ4v) is 3.73. The van der Waals surface area contributed by atoms with Gasteiger partial charge in [-0.15, -0.1) is 5.10 Å². The SMILES string of the molecule is Cc1cc(NC(=O)CSc2n[nH]c(C(NC(=O)c3ccccc3)C(C)C)n2)ccc1Br.